The van der Waals surface area contributed by atoms with Gasteiger partial charge in [-0.1, -0.05) is 356 Å². The second kappa shape index (κ2) is 69.5. The van der Waals surface area contributed by atoms with Crippen LogP contribution in [0.25, 0.3) is 0 Å². The van der Waals surface area contributed by atoms with Crippen LogP contribution in [0.2, 0.25) is 0 Å². The topological polar surface area (TPSA) is 111 Å². The molecule has 0 aliphatic carbocycles. The first-order valence-corrected chi connectivity index (χ1v) is 39.3. The molecule has 89 heavy (non-hydrogen) atoms. The number of phosphoric ester groups is 1. The van der Waals surface area contributed by atoms with E-state index in [1.165, 1.54) is 231 Å². The summed E-state index contributed by atoms with van der Waals surface area (Å²) in [6.45, 7) is 4.18. The third kappa shape index (κ3) is 74.1. The monoisotopic (exact) mass is 1270 g/mol. The van der Waals surface area contributed by atoms with E-state index in [2.05, 4.69) is 98.9 Å². The molecule has 2 unspecified atom stereocenters. The third-order valence-corrected chi connectivity index (χ3v) is 17.6. The van der Waals surface area contributed by atoms with Gasteiger partial charge in [-0.15, -0.1) is 0 Å². The van der Waals surface area contributed by atoms with Crippen LogP contribution in [0, 0.1) is 0 Å². The molecule has 0 aromatic rings. The number of allylic oxidation sites excluding steroid dienone is 14. The number of quaternary nitrogens is 1. The molecule has 0 aromatic carbocycles. The van der Waals surface area contributed by atoms with E-state index in [4.69, 9.17) is 18.5 Å². The van der Waals surface area contributed by atoms with E-state index >= 15 is 0 Å². The number of hydrogen-bond acceptors (Lipinski definition) is 8. The molecule has 0 aliphatic rings. The Hall–Kier alpha value is -2.81. The zero-order valence-electron chi connectivity index (χ0n) is 59.1. The molecule has 0 aliphatic heterocycles. The normalized spacial score (nSPS) is 13.6. The Morgan fingerprint density at radius 2 is 0.640 bits per heavy atom. The minimum Gasteiger partial charge on any atom is -0.756 e. The molecular weight excluding hydrogens is 1120 g/mol. The van der Waals surface area contributed by atoms with Crippen LogP contribution in [0.5, 0.6) is 0 Å². The molecular formula is C79H144NO8P. The number of phosphoric acid groups is 1. The maximum atomic E-state index is 12.9. The van der Waals surface area contributed by atoms with Gasteiger partial charge in [0.1, 0.15) is 19.8 Å². The molecule has 9 nitrogen and oxygen atoms in total. The summed E-state index contributed by atoms with van der Waals surface area (Å²) < 4.78 is 34.4. The summed E-state index contributed by atoms with van der Waals surface area (Å²) in [6.07, 6.45) is 95.4. The molecule has 0 heterocycles. The Balaban J connectivity index is 4.00. The molecule has 0 N–H and O–H groups in total. The van der Waals surface area contributed by atoms with Gasteiger partial charge in [-0.25, -0.2) is 0 Å². The van der Waals surface area contributed by atoms with Crippen molar-refractivity contribution in [2.24, 2.45) is 0 Å². The number of carbonyl (C=O) groups excluding carboxylic acids is 2. The molecule has 0 spiro atoms. The smallest absolute Gasteiger partial charge is 0.306 e. The Morgan fingerprint density at radius 3 is 0.955 bits per heavy atom. The lowest BCUT2D eigenvalue weighted by atomic mass is 10.0. The summed E-state index contributed by atoms with van der Waals surface area (Å²) >= 11 is 0. The fourth-order valence-corrected chi connectivity index (χ4v) is 11.7. The highest BCUT2D eigenvalue weighted by molar-refractivity contribution is 7.45. The number of hydrogen-bond donors (Lipinski definition) is 0. The van der Waals surface area contributed by atoms with Crippen molar-refractivity contribution in [3.05, 3.63) is 85.1 Å². The summed E-state index contributed by atoms with van der Waals surface area (Å²) in [5.74, 6) is -0.823. The van der Waals surface area contributed by atoms with Crippen LogP contribution in [-0.4, -0.2) is 70.0 Å². The quantitative estimate of drug-likeness (QED) is 0.0195. The zero-order chi connectivity index (χ0) is 64.8. The molecule has 0 bridgehead atoms. The molecule has 0 saturated heterocycles. The van der Waals surface area contributed by atoms with Crippen molar-refractivity contribution < 1.29 is 42.1 Å². The molecule has 0 aromatic heterocycles. The minimum atomic E-state index is -4.65. The Kier molecular flexibility index (Phi) is 67.3. The molecule has 0 radical (unpaired) electrons. The number of likely N-dealkylation sites (N-methyl/N-ethyl adjacent to an activating group) is 1. The van der Waals surface area contributed by atoms with Crippen LogP contribution in [0.4, 0.5) is 0 Å². The van der Waals surface area contributed by atoms with Gasteiger partial charge < -0.3 is 27.9 Å². The van der Waals surface area contributed by atoms with Gasteiger partial charge in [-0.05, 0) is 70.6 Å². The molecule has 0 rings (SSSR count). The van der Waals surface area contributed by atoms with Crippen LogP contribution < -0.4 is 4.89 Å². The zero-order valence-corrected chi connectivity index (χ0v) is 60.0. The number of esters is 2. The third-order valence-electron chi connectivity index (χ3n) is 16.7. The lowest BCUT2D eigenvalue weighted by Gasteiger charge is -2.28. The molecule has 0 saturated carbocycles. The molecule has 0 amide bonds. The van der Waals surface area contributed by atoms with Gasteiger partial charge in [-0.3, -0.25) is 14.2 Å². The van der Waals surface area contributed by atoms with E-state index in [0.717, 1.165) is 89.9 Å². The number of carbonyl (C=O) groups is 2. The summed E-state index contributed by atoms with van der Waals surface area (Å²) in [7, 11) is 1.17. The van der Waals surface area contributed by atoms with Gasteiger partial charge in [-0.2, -0.15) is 0 Å². The lowest BCUT2D eigenvalue weighted by Crippen LogP contribution is -2.37. The largest absolute Gasteiger partial charge is 0.756 e. The van der Waals surface area contributed by atoms with Gasteiger partial charge in [0.2, 0.25) is 0 Å². The summed E-state index contributed by atoms with van der Waals surface area (Å²) in [5.41, 5.74) is 0. The number of unbranched alkanes of at least 4 members (excludes halogenated alkanes) is 42. The summed E-state index contributed by atoms with van der Waals surface area (Å²) in [6, 6.07) is 0. The van der Waals surface area contributed by atoms with Crippen LogP contribution in [-0.2, 0) is 32.7 Å². The number of nitrogens with zero attached hydrogens (tertiary/aromatic N) is 1. The Morgan fingerprint density at radius 1 is 0.360 bits per heavy atom. The van der Waals surface area contributed by atoms with Gasteiger partial charge in [0, 0.05) is 12.8 Å². The van der Waals surface area contributed by atoms with E-state index in [1.54, 1.807) is 0 Å². The van der Waals surface area contributed by atoms with E-state index in [1.807, 2.05) is 21.1 Å². The molecule has 518 valence electrons. The van der Waals surface area contributed by atoms with E-state index in [0.29, 0.717) is 17.4 Å². The predicted octanol–water partition coefficient (Wildman–Crippen LogP) is 24.3. The van der Waals surface area contributed by atoms with Crippen molar-refractivity contribution in [1.29, 1.82) is 0 Å². The second-order valence-electron chi connectivity index (χ2n) is 26.6. The summed E-state index contributed by atoms with van der Waals surface area (Å²) in [4.78, 5) is 38.1. The average Bonchev–Trinajstić information content (AvgIpc) is 3.60. The summed E-state index contributed by atoms with van der Waals surface area (Å²) in [5, 5.41) is 0. The Labute approximate surface area is 551 Å². The van der Waals surface area contributed by atoms with E-state index in [-0.39, 0.29) is 32.0 Å². The van der Waals surface area contributed by atoms with Gasteiger partial charge in [0.25, 0.3) is 7.82 Å². The fraction of sp³-hybridized carbons (Fsp3) is 0.797. The highest BCUT2D eigenvalue weighted by Crippen LogP contribution is 2.38. The van der Waals surface area contributed by atoms with Crippen LogP contribution >= 0.6 is 7.82 Å². The van der Waals surface area contributed by atoms with Crippen molar-refractivity contribution in [1.82, 2.24) is 0 Å². The molecule has 2 atom stereocenters. The van der Waals surface area contributed by atoms with Crippen molar-refractivity contribution in [3.8, 4) is 0 Å². The number of ether oxygens (including phenoxy) is 2. The van der Waals surface area contributed by atoms with Gasteiger partial charge in [0.15, 0.2) is 6.10 Å². The molecule has 0 fully saturated rings. The van der Waals surface area contributed by atoms with E-state index < -0.39 is 26.5 Å². The maximum Gasteiger partial charge on any atom is 0.306 e. The first kappa shape index (κ1) is 86.2. The van der Waals surface area contributed by atoms with Gasteiger partial charge >= 0.3 is 11.9 Å². The predicted molar refractivity (Wildman–Crippen MR) is 383 cm³/mol. The van der Waals surface area contributed by atoms with Crippen LogP contribution in [0.3, 0.4) is 0 Å². The van der Waals surface area contributed by atoms with Crippen molar-refractivity contribution >= 4 is 19.8 Å². The fourth-order valence-electron chi connectivity index (χ4n) is 10.9. The van der Waals surface area contributed by atoms with Crippen LogP contribution in [0.1, 0.15) is 354 Å². The SMILES string of the molecule is CC/C=C\C/C=C\C/C=C\C/C=C\C/C=C\C/C=C\C/C=C\CCCCCCCCCCCCCC(=O)OC(COC(=O)CCCCCCCCCCCCCCCCCCCCCCCCCCCCCCCCCC)COP(=O)([O-])OCC[N+](C)(C)C. The number of rotatable bonds is 70. The first-order chi connectivity index (χ1) is 43.5. The second-order valence-corrected chi connectivity index (χ2v) is 28.1. The maximum absolute atomic E-state index is 12.9. The van der Waals surface area contributed by atoms with Crippen LogP contribution in [0.15, 0.2) is 85.1 Å². The minimum absolute atomic E-state index is 0.0326. The van der Waals surface area contributed by atoms with Crippen molar-refractivity contribution in [2.75, 3.05) is 47.5 Å². The van der Waals surface area contributed by atoms with E-state index in [9.17, 15) is 19.0 Å². The Bertz CT molecular complexity index is 1780. The standard InChI is InChI=1S/C79H144NO8P/c1-6-8-10-12-14-16-18-20-22-24-26-28-30-32-34-36-38-40-42-44-46-48-50-52-54-56-58-60-62-64-66-68-70-72-79(82)88-77(76-87-89(83,84)86-74-73-80(3,4)5)75-85-78(81)71-69-67-65-63-61-59-57-55-53-51-49-47-45-43-41-39-37-35-33-31-29-27-25-23-21-19-17-15-13-11-9-7-2/h8,10,14,16,20,22,26,28,32,34,38,40,44,46,77H,6-7,9,11-13,15,17-19,21,23-25,27,29-31,33,35-37,39,41-43,45,47-76H2,1-5H3/b10-8-,16-14-,22-20-,28-26-,34-32-,40-38-,46-44-. The average molecular weight is 1270 g/mol. The lowest BCUT2D eigenvalue weighted by molar-refractivity contribution is -0.870. The van der Waals surface area contributed by atoms with Gasteiger partial charge in [0.05, 0.1) is 27.7 Å². The molecule has 10 heteroatoms. The van der Waals surface area contributed by atoms with Crippen molar-refractivity contribution in [2.45, 2.75) is 360 Å². The highest BCUT2D eigenvalue weighted by atomic mass is 31.2. The highest BCUT2D eigenvalue weighted by Gasteiger charge is 2.22. The first-order valence-electron chi connectivity index (χ1n) is 37.8. The van der Waals surface area contributed by atoms with Crippen molar-refractivity contribution in [3.63, 3.8) is 0 Å².